The van der Waals surface area contributed by atoms with Crippen molar-refractivity contribution in [2.24, 2.45) is 0 Å². The van der Waals surface area contributed by atoms with Gasteiger partial charge in [-0.25, -0.2) is 0 Å². The minimum atomic E-state index is 1.29. The molecule has 0 aromatic carbocycles. The summed E-state index contributed by atoms with van der Waals surface area (Å²) in [7, 11) is 1.29. The van der Waals surface area contributed by atoms with E-state index < -0.39 is 0 Å². The Hall–Kier alpha value is 0.177. The molecular weight excluding hydrogens is 90.1 g/mol. The average molecular weight is 101 g/mol. The standard InChI is InChI=1S/C4H11NSi/c6-5-3-1-2-4-5/h1-4H2,6H3. The summed E-state index contributed by atoms with van der Waals surface area (Å²) in [5.74, 6) is 0. The first-order chi connectivity index (χ1) is 2.89. The van der Waals surface area contributed by atoms with E-state index in [0.717, 1.165) is 0 Å². The van der Waals surface area contributed by atoms with E-state index in [1.165, 1.54) is 36.3 Å². The Labute approximate surface area is 41.8 Å². The van der Waals surface area contributed by atoms with Crippen LogP contribution in [0, 0.1) is 0 Å². The van der Waals surface area contributed by atoms with Gasteiger partial charge in [-0.2, -0.15) is 0 Å². The molecule has 1 nitrogen and oxygen atoms in total. The van der Waals surface area contributed by atoms with Gasteiger partial charge in [0, 0.05) is 0 Å². The van der Waals surface area contributed by atoms with E-state index in [0.29, 0.717) is 0 Å². The van der Waals surface area contributed by atoms with Crippen LogP contribution in [-0.2, 0) is 0 Å². The van der Waals surface area contributed by atoms with Crippen LogP contribution < -0.4 is 0 Å². The summed E-state index contributed by atoms with van der Waals surface area (Å²) in [4.78, 5) is 0. The predicted octanol–water partition coefficient (Wildman–Crippen LogP) is -0.637. The second kappa shape index (κ2) is 1.75. The summed E-state index contributed by atoms with van der Waals surface area (Å²) in [6.07, 6.45) is 2.90. The van der Waals surface area contributed by atoms with E-state index in [1.54, 1.807) is 0 Å². The Morgan fingerprint density at radius 3 is 1.83 bits per heavy atom. The van der Waals surface area contributed by atoms with Gasteiger partial charge >= 0.3 is 0 Å². The van der Waals surface area contributed by atoms with Crippen molar-refractivity contribution in [2.75, 3.05) is 13.1 Å². The van der Waals surface area contributed by atoms with Crippen molar-refractivity contribution >= 4 is 10.4 Å². The highest BCUT2D eigenvalue weighted by molar-refractivity contribution is 6.04. The molecule has 0 unspecified atom stereocenters. The molecule has 1 aliphatic heterocycles. The Balaban J connectivity index is 2.18. The molecule has 1 rings (SSSR count). The van der Waals surface area contributed by atoms with Gasteiger partial charge < -0.3 is 4.57 Å². The maximum Gasteiger partial charge on any atom is 0.0784 e. The van der Waals surface area contributed by atoms with Crippen LogP contribution in [-0.4, -0.2) is 28.1 Å². The molecule has 0 atom stereocenters. The summed E-state index contributed by atoms with van der Waals surface area (Å²) in [6, 6.07) is 0. The van der Waals surface area contributed by atoms with Gasteiger partial charge in [-0.15, -0.1) is 0 Å². The molecular formula is C4H11NSi. The fraction of sp³-hybridized carbons (Fsp3) is 1.00. The molecule has 1 heterocycles. The second-order valence-electron chi connectivity index (χ2n) is 2.01. The summed E-state index contributed by atoms with van der Waals surface area (Å²) in [5.41, 5.74) is 0. The number of hydrogen-bond donors (Lipinski definition) is 0. The first-order valence-electron chi connectivity index (χ1n) is 2.58. The third-order valence-electron chi connectivity index (χ3n) is 1.33. The normalized spacial score (nSPS) is 26.0. The van der Waals surface area contributed by atoms with E-state index in [4.69, 9.17) is 0 Å². The average Bonchev–Trinajstić information content (AvgIpc) is 1.86. The Kier molecular flexibility index (Phi) is 1.27. The molecule has 36 valence electrons. The lowest BCUT2D eigenvalue weighted by Gasteiger charge is -2.01. The molecule has 6 heavy (non-hydrogen) atoms. The van der Waals surface area contributed by atoms with Gasteiger partial charge in [0.15, 0.2) is 0 Å². The van der Waals surface area contributed by atoms with Crippen LogP contribution in [0.2, 0.25) is 0 Å². The molecule has 0 amide bonds. The van der Waals surface area contributed by atoms with Crippen molar-refractivity contribution in [1.82, 2.24) is 4.57 Å². The SMILES string of the molecule is [SiH3]N1CCCC1. The van der Waals surface area contributed by atoms with Crippen LogP contribution in [0.25, 0.3) is 0 Å². The van der Waals surface area contributed by atoms with E-state index in [2.05, 4.69) is 4.57 Å². The highest BCUT2D eigenvalue weighted by Crippen LogP contribution is 2.01. The largest absolute Gasteiger partial charge is 0.332 e. The number of rotatable bonds is 0. The van der Waals surface area contributed by atoms with Crippen molar-refractivity contribution in [1.29, 1.82) is 0 Å². The van der Waals surface area contributed by atoms with E-state index >= 15 is 0 Å². The maximum absolute atomic E-state index is 2.50. The lowest BCUT2D eigenvalue weighted by Crippen LogP contribution is -2.13. The van der Waals surface area contributed by atoms with Gasteiger partial charge in [-0.1, -0.05) is 0 Å². The third kappa shape index (κ3) is 0.818. The fourth-order valence-electron chi connectivity index (χ4n) is 0.875. The molecule has 0 N–H and O–H groups in total. The lowest BCUT2D eigenvalue weighted by molar-refractivity contribution is 0.565. The van der Waals surface area contributed by atoms with E-state index in [9.17, 15) is 0 Å². The molecule has 1 fully saturated rings. The molecule has 2 heteroatoms. The maximum atomic E-state index is 2.50. The van der Waals surface area contributed by atoms with Gasteiger partial charge in [0.1, 0.15) is 0 Å². The zero-order valence-electron chi connectivity index (χ0n) is 4.28. The van der Waals surface area contributed by atoms with Gasteiger partial charge in [0.05, 0.1) is 10.4 Å². The Morgan fingerprint density at radius 1 is 1.17 bits per heavy atom. The Morgan fingerprint density at radius 2 is 1.67 bits per heavy atom. The fourth-order valence-corrected chi connectivity index (χ4v) is 1.51. The van der Waals surface area contributed by atoms with Gasteiger partial charge in [-0.05, 0) is 25.9 Å². The van der Waals surface area contributed by atoms with Crippen LogP contribution >= 0.6 is 0 Å². The van der Waals surface area contributed by atoms with Crippen molar-refractivity contribution < 1.29 is 0 Å². The van der Waals surface area contributed by atoms with Crippen LogP contribution in [0.1, 0.15) is 12.8 Å². The quantitative estimate of drug-likeness (QED) is 0.367. The van der Waals surface area contributed by atoms with Crippen LogP contribution in [0.4, 0.5) is 0 Å². The Bertz CT molecular complexity index is 40.8. The number of hydrogen-bond acceptors (Lipinski definition) is 1. The highest BCUT2D eigenvalue weighted by Gasteiger charge is 2.02. The first-order valence-corrected chi connectivity index (χ1v) is 3.47. The van der Waals surface area contributed by atoms with Crippen molar-refractivity contribution in [3.05, 3.63) is 0 Å². The van der Waals surface area contributed by atoms with E-state index in [-0.39, 0.29) is 0 Å². The summed E-state index contributed by atoms with van der Waals surface area (Å²) >= 11 is 0. The molecule has 0 bridgehead atoms. The van der Waals surface area contributed by atoms with Gasteiger partial charge in [0.25, 0.3) is 0 Å². The molecule has 0 radical (unpaired) electrons. The smallest absolute Gasteiger partial charge is 0.0784 e. The van der Waals surface area contributed by atoms with Crippen molar-refractivity contribution in [3.8, 4) is 0 Å². The van der Waals surface area contributed by atoms with Gasteiger partial charge in [0.2, 0.25) is 0 Å². The zero-order chi connectivity index (χ0) is 4.41. The minimum absolute atomic E-state index is 1.29. The molecule has 0 spiro atoms. The second-order valence-corrected chi connectivity index (χ2v) is 3.28. The summed E-state index contributed by atoms with van der Waals surface area (Å²) in [5, 5.41) is 0. The highest BCUT2D eigenvalue weighted by atomic mass is 28.2. The van der Waals surface area contributed by atoms with E-state index in [1.807, 2.05) is 0 Å². The molecule has 0 aromatic rings. The summed E-state index contributed by atoms with van der Waals surface area (Å²) < 4.78 is 2.50. The molecule has 1 aliphatic rings. The van der Waals surface area contributed by atoms with Crippen molar-refractivity contribution in [3.63, 3.8) is 0 Å². The monoisotopic (exact) mass is 101 g/mol. The zero-order valence-corrected chi connectivity index (χ0v) is 6.28. The van der Waals surface area contributed by atoms with Crippen LogP contribution in [0.5, 0.6) is 0 Å². The lowest BCUT2D eigenvalue weighted by atomic mass is 10.4. The third-order valence-corrected chi connectivity index (χ3v) is 2.22. The topological polar surface area (TPSA) is 3.24 Å². The molecule has 0 saturated carbocycles. The van der Waals surface area contributed by atoms with Crippen LogP contribution in [0.3, 0.4) is 0 Å². The molecule has 1 saturated heterocycles. The summed E-state index contributed by atoms with van der Waals surface area (Å²) in [6.45, 7) is 2.76. The molecule has 0 aromatic heterocycles. The van der Waals surface area contributed by atoms with Crippen molar-refractivity contribution in [2.45, 2.75) is 12.8 Å². The van der Waals surface area contributed by atoms with Gasteiger partial charge in [-0.3, -0.25) is 0 Å². The minimum Gasteiger partial charge on any atom is -0.332 e. The predicted molar refractivity (Wildman–Crippen MR) is 30.7 cm³/mol. The number of nitrogens with zero attached hydrogens (tertiary/aromatic N) is 1. The van der Waals surface area contributed by atoms with Crippen LogP contribution in [0.15, 0.2) is 0 Å². The molecule has 0 aliphatic carbocycles. The first kappa shape index (κ1) is 4.34.